The molecule has 1 aliphatic heterocycles. The summed E-state index contributed by atoms with van der Waals surface area (Å²) in [5.74, 6) is -0.985. The Hall–Kier alpha value is -1.47. The fourth-order valence-corrected chi connectivity index (χ4v) is 3.43. The molecule has 28 heavy (non-hydrogen) atoms. The van der Waals surface area contributed by atoms with Gasteiger partial charge in [-0.25, -0.2) is 4.39 Å². The molecular weight excluding hydrogens is 374 g/mol. The molecule has 0 radical (unpaired) electrons. The van der Waals surface area contributed by atoms with Crippen LogP contribution in [0.3, 0.4) is 0 Å². The number of halogens is 4. The van der Waals surface area contributed by atoms with Gasteiger partial charge in [0.15, 0.2) is 0 Å². The lowest BCUT2D eigenvalue weighted by molar-refractivity contribution is -0.138. The Bertz CT molecular complexity index is 674. The maximum atomic E-state index is 13.5. The zero-order valence-corrected chi connectivity index (χ0v) is 16.7. The Morgan fingerprint density at radius 1 is 1.18 bits per heavy atom. The van der Waals surface area contributed by atoms with Gasteiger partial charge >= 0.3 is 6.18 Å². The first-order valence-corrected chi connectivity index (χ1v) is 9.63. The SMILES string of the molecule is CC(C)(C)C(O)CN1CCC(CC(=O)Cc2cc(F)cc(C(F)(F)F)c2)CC1. The van der Waals surface area contributed by atoms with Crippen molar-refractivity contribution in [3.05, 3.63) is 35.1 Å². The lowest BCUT2D eigenvalue weighted by Crippen LogP contribution is -2.43. The summed E-state index contributed by atoms with van der Waals surface area (Å²) in [5, 5.41) is 10.2. The smallest absolute Gasteiger partial charge is 0.391 e. The van der Waals surface area contributed by atoms with Gasteiger partial charge in [0.1, 0.15) is 11.6 Å². The van der Waals surface area contributed by atoms with Crippen LogP contribution in [-0.2, 0) is 17.4 Å². The van der Waals surface area contributed by atoms with Crippen molar-refractivity contribution in [3.8, 4) is 0 Å². The molecule has 1 aromatic rings. The standard InChI is InChI=1S/C21H29F4NO2/c1-20(2,3)19(28)13-26-6-4-14(5-7-26)10-18(27)11-15-8-16(21(23,24)25)12-17(22)9-15/h8-9,12,14,19,28H,4-7,10-11,13H2,1-3H3. The van der Waals surface area contributed by atoms with E-state index in [0.29, 0.717) is 12.6 Å². The monoisotopic (exact) mass is 403 g/mol. The Kier molecular flexibility index (Phi) is 7.26. The Labute approximate surface area is 163 Å². The number of aliphatic hydroxyl groups excluding tert-OH is 1. The van der Waals surface area contributed by atoms with Crippen LogP contribution >= 0.6 is 0 Å². The molecule has 0 aromatic heterocycles. The first-order chi connectivity index (χ1) is 12.8. The van der Waals surface area contributed by atoms with Gasteiger partial charge in [-0.05, 0) is 61.0 Å². The summed E-state index contributed by atoms with van der Waals surface area (Å²) in [6.45, 7) is 8.11. The van der Waals surface area contributed by atoms with Crippen molar-refractivity contribution in [3.63, 3.8) is 0 Å². The van der Waals surface area contributed by atoms with Crippen LogP contribution < -0.4 is 0 Å². The molecule has 1 saturated heterocycles. The number of aliphatic hydroxyl groups is 1. The number of rotatable bonds is 6. The summed E-state index contributed by atoms with van der Waals surface area (Å²) in [6, 6.07) is 2.27. The fourth-order valence-electron chi connectivity index (χ4n) is 3.43. The molecule has 1 unspecified atom stereocenters. The quantitative estimate of drug-likeness (QED) is 0.713. The van der Waals surface area contributed by atoms with E-state index in [1.165, 1.54) is 0 Å². The highest BCUT2D eigenvalue weighted by Gasteiger charge is 2.32. The van der Waals surface area contributed by atoms with E-state index in [1.54, 1.807) is 0 Å². The third-order valence-corrected chi connectivity index (χ3v) is 5.34. The van der Waals surface area contributed by atoms with Crippen molar-refractivity contribution in [1.29, 1.82) is 0 Å². The highest BCUT2D eigenvalue weighted by Crippen LogP contribution is 2.31. The van der Waals surface area contributed by atoms with Crippen LogP contribution in [0.15, 0.2) is 18.2 Å². The summed E-state index contributed by atoms with van der Waals surface area (Å²) in [6.07, 6.45) is -3.36. The zero-order chi connectivity index (χ0) is 21.1. The maximum absolute atomic E-state index is 13.5. The number of hydrogen-bond acceptors (Lipinski definition) is 3. The molecule has 2 rings (SSSR count). The second-order valence-corrected chi connectivity index (χ2v) is 8.89. The van der Waals surface area contributed by atoms with Crippen molar-refractivity contribution >= 4 is 5.78 Å². The van der Waals surface area contributed by atoms with Crippen LogP contribution in [-0.4, -0.2) is 41.5 Å². The van der Waals surface area contributed by atoms with E-state index in [1.807, 2.05) is 20.8 Å². The lowest BCUT2D eigenvalue weighted by Gasteiger charge is -2.36. The Morgan fingerprint density at radius 3 is 2.32 bits per heavy atom. The summed E-state index contributed by atoms with van der Waals surface area (Å²) in [4.78, 5) is 14.5. The Balaban J connectivity index is 1.84. The van der Waals surface area contributed by atoms with Crippen LogP contribution in [0, 0.1) is 17.2 Å². The molecule has 1 atom stereocenters. The highest BCUT2D eigenvalue weighted by molar-refractivity contribution is 5.81. The molecule has 158 valence electrons. The summed E-state index contributed by atoms with van der Waals surface area (Å²) in [5.41, 5.74) is -1.20. The van der Waals surface area contributed by atoms with E-state index in [4.69, 9.17) is 0 Å². The minimum absolute atomic E-state index is 0.0584. The van der Waals surface area contributed by atoms with Crippen molar-refractivity contribution in [2.75, 3.05) is 19.6 Å². The molecule has 1 heterocycles. The van der Waals surface area contributed by atoms with Gasteiger partial charge in [-0.15, -0.1) is 0 Å². The number of piperidine rings is 1. The molecule has 1 N–H and O–H groups in total. The van der Waals surface area contributed by atoms with Crippen LogP contribution in [0.1, 0.15) is 51.2 Å². The van der Waals surface area contributed by atoms with Crippen LogP contribution in [0.2, 0.25) is 0 Å². The number of carbonyl (C=O) groups is 1. The molecule has 0 spiro atoms. The van der Waals surface area contributed by atoms with E-state index in [0.717, 1.165) is 38.1 Å². The Morgan fingerprint density at radius 2 is 1.79 bits per heavy atom. The van der Waals surface area contributed by atoms with Crippen molar-refractivity contribution < 1.29 is 27.5 Å². The first kappa shape index (κ1) is 22.8. The van der Waals surface area contributed by atoms with Crippen LogP contribution in [0.4, 0.5) is 17.6 Å². The molecular formula is C21H29F4NO2. The second-order valence-electron chi connectivity index (χ2n) is 8.89. The number of nitrogens with zero attached hydrogens (tertiary/aromatic N) is 1. The minimum atomic E-state index is -4.63. The van der Waals surface area contributed by atoms with Crippen molar-refractivity contribution in [2.45, 2.75) is 58.7 Å². The normalized spacial score (nSPS) is 18.3. The van der Waals surface area contributed by atoms with Gasteiger partial charge < -0.3 is 10.0 Å². The van der Waals surface area contributed by atoms with Gasteiger partial charge in [0.05, 0.1) is 11.7 Å². The van der Waals surface area contributed by atoms with Gasteiger partial charge in [0.25, 0.3) is 0 Å². The number of Topliss-reactive ketones (excluding diaryl/α,β-unsaturated/α-hetero) is 1. The molecule has 1 fully saturated rings. The highest BCUT2D eigenvalue weighted by atomic mass is 19.4. The van der Waals surface area contributed by atoms with E-state index in [-0.39, 0.29) is 35.5 Å². The number of benzene rings is 1. The fraction of sp³-hybridized carbons (Fsp3) is 0.667. The van der Waals surface area contributed by atoms with Gasteiger partial charge in [-0.3, -0.25) is 4.79 Å². The van der Waals surface area contributed by atoms with E-state index in [2.05, 4.69) is 4.90 Å². The molecule has 1 aliphatic rings. The summed E-state index contributed by atoms with van der Waals surface area (Å²) in [7, 11) is 0. The average Bonchev–Trinajstić information content (AvgIpc) is 2.54. The largest absolute Gasteiger partial charge is 0.416 e. The topological polar surface area (TPSA) is 40.5 Å². The number of carbonyl (C=O) groups excluding carboxylic acids is 1. The number of β-amino-alcohol motifs (C(OH)–C–C–N with tert-alkyl or cyclic N) is 1. The van der Waals surface area contributed by atoms with E-state index < -0.39 is 23.7 Å². The predicted octanol–water partition coefficient (Wildman–Crippen LogP) is 4.47. The summed E-state index contributed by atoms with van der Waals surface area (Å²) < 4.78 is 51.8. The first-order valence-electron chi connectivity index (χ1n) is 9.63. The minimum Gasteiger partial charge on any atom is -0.391 e. The molecule has 0 bridgehead atoms. The van der Waals surface area contributed by atoms with Crippen molar-refractivity contribution in [1.82, 2.24) is 4.90 Å². The number of likely N-dealkylation sites (tertiary alicyclic amines) is 1. The average molecular weight is 403 g/mol. The van der Waals surface area contributed by atoms with E-state index >= 15 is 0 Å². The third-order valence-electron chi connectivity index (χ3n) is 5.34. The second kappa shape index (κ2) is 8.91. The number of alkyl halides is 3. The molecule has 3 nitrogen and oxygen atoms in total. The molecule has 7 heteroatoms. The molecule has 0 aliphatic carbocycles. The number of ketones is 1. The predicted molar refractivity (Wildman–Crippen MR) is 99.4 cm³/mol. The lowest BCUT2D eigenvalue weighted by atomic mass is 9.87. The third kappa shape index (κ3) is 6.85. The molecule has 1 aromatic carbocycles. The number of hydrogen-bond donors (Lipinski definition) is 1. The maximum Gasteiger partial charge on any atom is 0.416 e. The van der Waals surface area contributed by atoms with Crippen LogP contribution in [0.5, 0.6) is 0 Å². The van der Waals surface area contributed by atoms with Gasteiger partial charge in [-0.2, -0.15) is 13.2 Å². The van der Waals surface area contributed by atoms with Gasteiger partial charge in [-0.1, -0.05) is 20.8 Å². The zero-order valence-electron chi connectivity index (χ0n) is 16.7. The van der Waals surface area contributed by atoms with E-state index in [9.17, 15) is 27.5 Å². The van der Waals surface area contributed by atoms with Gasteiger partial charge in [0, 0.05) is 19.4 Å². The van der Waals surface area contributed by atoms with Crippen molar-refractivity contribution in [2.24, 2.45) is 11.3 Å². The molecule has 0 amide bonds. The molecule has 0 saturated carbocycles. The summed E-state index contributed by atoms with van der Waals surface area (Å²) >= 11 is 0. The van der Waals surface area contributed by atoms with Gasteiger partial charge in [0.2, 0.25) is 0 Å². The van der Waals surface area contributed by atoms with Crippen LogP contribution in [0.25, 0.3) is 0 Å².